The number of aromatic hydroxyl groups is 1. The number of benzene rings is 2. The summed E-state index contributed by atoms with van der Waals surface area (Å²) < 4.78 is 1.86. The molecule has 1 aromatic heterocycles. The van der Waals surface area contributed by atoms with Gasteiger partial charge < -0.3 is 5.11 Å². The number of hydrogen-bond donors (Lipinski definition) is 1. The van der Waals surface area contributed by atoms with E-state index in [1.165, 1.54) is 0 Å². The van der Waals surface area contributed by atoms with E-state index in [4.69, 9.17) is 5.10 Å². The molecule has 1 aliphatic rings. The van der Waals surface area contributed by atoms with E-state index < -0.39 is 0 Å². The van der Waals surface area contributed by atoms with Gasteiger partial charge in [0.05, 0.1) is 22.6 Å². The third-order valence-corrected chi connectivity index (χ3v) is 5.13. The topological polar surface area (TPSA) is 55.1 Å². The molecule has 0 amide bonds. The molecule has 2 aromatic carbocycles. The quantitative estimate of drug-likeness (QED) is 0.763. The molecule has 3 aromatic rings. The van der Waals surface area contributed by atoms with E-state index in [2.05, 4.69) is 6.92 Å². The number of ketones is 1. The zero-order valence-electron chi connectivity index (χ0n) is 14.3. The number of nitrogens with zero attached hydrogens (tertiary/aromatic N) is 2. The lowest BCUT2D eigenvalue weighted by molar-refractivity contribution is 0.0877. The molecule has 0 saturated carbocycles. The van der Waals surface area contributed by atoms with Crippen LogP contribution in [0.5, 0.6) is 5.75 Å². The average molecular weight is 332 g/mol. The van der Waals surface area contributed by atoms with Crippen molar-refractivity contribution < 1.29 is 9.90 Å². The molecule has 0 spiro atoms. The summed E-state index contributed by atoms with van der Waals surface area (Å²) in [6.07, 6.45) is 0.799. The second-order valence-electron chi connectivity index (χ2n) is 6.80. The molecule has 1 aliphatic carbocycles. The van der Waals surface area contributed by atoms with Gasteiger partial charge in [-0.15, -0.1) is 0 Å². The number of phenolic OH excluding ortho intramolecular Hbond substituents is 1. The normalized spacial score (nSPS) is 19.7. The smallest absolute Gasteiger partial charge is 0.170 e. The number of phenols is 1. The Kier molecular flexibility index (Phi) is 3.68. The van der Waals surface area contributed by atoms with E-state index in [-0.39, 0.29) is 23.4 Å². The zero-order valence-corrected chi connectivity index (χ0v) is 14.3. The van der Waals surface area contributed by atoms with Gasteiger partial charge in [0.25, 0.3) is 0 Å². The minimum Gasteiger partial charge on any atom is -0.508 e. The first-order valence-electron chi connectivity index (χ1n) is 8.57. The summed E-state index contributed by atoms with van der Waals surface area (Å²) in [5.74, 6) is 0.624. The molecule has 0 unspecified atom stereocenters. The van der Waals surface area contributed by atoms with Gasteiger partial charge >= 0.3 is 0 Å². The van der Waals surface area contributed by atoms with Crippen molar-refractivity contribution in [1.82, 2.24) is 9.78 Å². The van der Waals surface area contributed by atoms with Crippen molar-refractivity contribution in [2.75, 3.05) is 0 Å². The van der Waals surface area contributed by atoms with Crippen LogP contribution < -0.4 is 0 Å². The Morgan fingerprint density at radius 2 is 1.72 bits per heavy atom. The van der Waals surface area contributed by atoms with Crippen LogP contribution in [0.3, 0.4) is 0 Å². The number of carbonyl (C=O) groups is 1. The van der Waals surface area contributed by atoms with Gasteiger partial charge in [0.15, 0.2) is 5.78 Å². The predicted molar refractivity (Wildman–Crippen MR) is 97.0 cm³/mol. The SMILES string of the molecule is C[C@H]1Cc2nn(-c3ccccc3)c(-c3ccc(O)cc3)c2C(=O)[C@@H]1C. The maximum atomic E-state index is 13.0. The van der Waals surface area contributed by atoms with E-state index in [1.54, 1.807) is 12.1 Å². The van der Waals surface area contributed by atoms with Crippen LogP contribution in [0.2, 0.25) is 0 Å². The number of hydrogen-bond acceptors (Lipinski definition) is 3. The van der Waals surface area contributed by atoms with Crippen molar-refractivity contribution >= 4 is 5.78 Å². The molecule has 25 heavy (non-hydrogen) atoms. The van der Waals surface area contributed by atoms with Crippen LogP contribution >= 0.6 is 0 Å². The van der Waals surface area contributed by atoms with Crippen molar-refractivity contribution in [3.05, 3.63) is 65.9 Å². The summed E-state index contributed by atoms with van der Waals surface area (Å²) in [5, 5.41) is 14.4. The highest BCUT2D eigenvalue weighted by molar-refractivity contribution is 6.05. The van der Waals surface area contributed by atoms with E-state index >= 15 is 0 Å². The fourth-order valence-electron chi connectivity index (χ4n) is 3.47. The van der Waals surface area contributed by atoms with Crippen LogP contribution in [0.25, 0.3) is 16.9 Å². The van der Waals surface area contributed by atoms with E-state index in [0.717, 1.165) is 34.6 Å². The van der Waals surface area contributed by atoms with Gasteiger partial charge in [-0.3, -0.25) is 4.79 Å². The Labute approximate surface area is 146 Å². The Morgan fingerprint density at radius 1 is 1.04 bits per heavy atom. The number of aromatic nitrogens is 2. The highest BCUT2D eigenvalue weighted by atomic mass is 16.3. The summed E-state index contributed by atoms with van der Waals surface area (Å²) in [7, 11) is 0. The van der Waals surface area contributed by atoms with Gasteiger partial charge in [0, 0.05) is 11.5 Å². The lowest BCUT2D eigenvalue weighted by atomic mass is 9.78. The highest BCUT2D eigenvalue weighted by Crippen LogP contribution is 2.37. The molecule has 126 valence electrons. The van der Waals surface area contributed by atoms with Crippen LogP contribution in [0.15, 0.2) is 54.6 Å². The second-order valence-corrected chi connectivity index (χ2v) is 6.80. The highest BCUT2D eigenvalue weighted by Gasteiger charge is 2.36. The number of Topliss-reactive ketones (excluding diaryl/α,β-unsaturated/α-hetero) is 1. The molecule has 0 bridgehead atoms. The van der Waals surface area contributed by atoms with Crippen LogP contribution in [0.1, 0.15) is 29.9 Å². The molecule has 1 heterocycles. The molecular formula is C21H20N2O2. The minimum atomic E-state index is -0.0169. The molecule has 0 aliphatic heterocycles. The summed E-state index contributed by atoms with van der Waals surface area (Å²) in [4.78, 5) is 13.0. The molecule has 0 fully saturated rings. The lowest BCUT2D eigenvalue weighted by Crippen LogP contribution is -2.27. The van der Waals surface area contributed by atoms with Crippen LogP contribution in [0, 0.1) is 11.8 Å². The van der Waals surface area contributed by atoms with Crippen LogP contribution in [-0.2, 0) is 6.42 Å². The summed E-state index contributed by atoms with van der Waals surface area (Å²) in [5.41, 5.74) is 4.20. The number of fused-ring (bicyclic) bond motifs is 1. The fraction of sp³-hybridized carbons (Fsp3) is 0.238. The van der Waals surface area contributed by atoms with Crippen molar-refractivity contribution in [3.63, 3.8) is 0 Å². The molecule has 4 heteroatoms. The zero-order chi connectivity index (χ0) is 17.6. The fourth-order valence-corrected chi connectivity index (χ4v) is 3.47. The molecule has 0 saturated heterocycles. The molecule has 2 atom stereocenters. The number of para-hydroxylation sites is 1. The van der Waals surface area contributed by atoms with Crippen LogP contribution in [0.4, 0.5) is 0 Å². The summed E-state index contributed by atoms with van der Waals surface area (Å²) in [6, 6.07) is 16.8. The summed E-state index contributed by atoms with van der Waals surface area (Å²) >= 11 is 0. The Balaban J connectivity index is 2.00. The van der Waals surface area contributed by atoms with Crippen LogP contribution in [-0.4, -0.2) is 20.7 Å². The molecule has 0 radical (unpaired) electrons. The molecule has 1 N–H and O–H groups in total. The van der Waals surface area contributed by atoms with E-state index in [1.807, 2.05) is 54.1 Å². The van der Waals surface area contributed by atoms with Gasteiger partial charge in [0.1, 0.15) is 5.75 Å². The first kappa shape index (κ1) is 15.6. The van der Waals surface area contributed by atoms with E-state index in [9.17, 15) is 9.90 Å². The first-order valence-corrected chi connectivity index (χ1v) is 8.57. The van der Waals surface area contributed by atoms with Crippen molar-refractivity contribution in [2.45, 2.75) is 20.3 Å². The van der Waals surface area contributed by atoms with Gasteiger partial charge in [0.2, 0.25) is 0 Å². The summed E-state index contributed by atoms with van der Waals surface area (Å²) in [6.45, 7) is 4.10. The Morgan fingerprint density at radius 3 is 2.40 bits per heavy atom. The standard InChI is InChI=1S/C21H20N2O2/c1-13-12-18-19(21(25)14(13)2)20(15-8-10-17(24)11-9-15)23(22-18)16-6-4-3-5-7-16/h3-11,13-14,24H,12H2,1-2H3/t13-,14+/m0/s1. The number of carbonyl (C=O) groups excluding carboxylic acids is 1. The van der Waals surface area contributed by atoms with Gasteiger partial charge in [-0.25, -0.2) is 4.68 Å². The largest absolute Gasteiger partial charge is 0.508 e. The van der Waals surface area contributed by atoms with Gasteiger partial charge in [-0.1, -0.05) is 32.0 Å². The number of rotatable bonds is 2. The van der Waals surface area contributed by atoms with Crippen molar-refractivity contribution in [2.24, 2.45) is 11.8 Å². The van der Waals surface area contributed by atoms with Crippen molar-refractivity contribution in [3.8, 4) is 22.7 Å². The second kappa shape index (κ2) is 5.88. The third-order valence-electron chi connectivity index (χ3n) is 5.13. The van der Waals surface area contributed by atoms with Gasteiger partial charge in [-0.2, -0.15) is 5.10 Å². The van der Waals surface area contributed by atoms with E-state index in [0.29, 0.717) is 0 Å². The van der Waals surface area contributed by atoms with Crippen molar-refractivity contribution in [1.29, 1.82) is 0 Å². The third kappa shape index (κ3) is 2.54. The van der Waals surface area contributed by atoms with Gasteiger partial charge in [-0.05, 0) is 48.7 Å². The predicted octanol–water partition coefficient (Wildman–Crippen LogP) is 4.26. The first-order chi connectivity index (χ1) is 12.1. The Hall–Kier alpha value is -2.88. The Bertz CT molecular complexity index is 927. The maximum Gasteiger partial charge on any atom is 0.170 e. The monoisotopic (exact) mass is 332 g/mol. The minimum absolute atomic E-state index is 0.0169. The molecule has 4 rings (SSSR count). The maximum absolute atomic E-state index is 13.0. The molecule has 4 nitrogen and oxygen atoms in total. The average Bonchev–Trinajstić information content (AvgIpc) is 3.00. The molecular weight excluding hydrogens is 312 g/mol. The lowest BCUT2D eigenvalue weighted by Gasteiger charge is -2.24.